The van der Waals surface area contributed by atoms with E-state index in [1.165, 1.54) is 16.7 Å². The molecule has 0 aromatic heterocycles. The summed E-state index contributed by atoms with van der Waals surface area (Å²) in [4.78, 5) is 14.6. The molecule has 1 saturated heterocycles. The first-order valence-electron chi connectivity index (χ1n) is 6.38. The number of para-hydroxylation sites is 1. The zero-order valence-electron chi connectivity index (χ0n) is 11.2. The van der Waals surface area contributed by atoms with E-state index in [1.807, 2.05) is 42.5 Å². The molecule has 0 bridgehead atoms. The van der Waals surface area contributed by atoms with E-state index >= 15 is 0 Å². The molecule has 0 aliphatic carbocycles. The number of hydrogen-bond donors (Lipinski definition) is 1. The third-order valence-corrected chi connectivity index (χ3v) is 5.06. The van der Waals surface area contributed by atoms with E-state index in [0.717, 1.165) is 9.26 Å². The van der Waals surface area contributed by atoms with Gasteiger partial charge in [0.25, 0.3) is 5.91 Å². The van der Waals surface area contributed by atoms with Gasteiger partial charge in [0.05, 0.1) is 10.6 Å². The summed E-state index contributed by atoms with van der Waals surface area (Å²) in [5, 5.41) is 9.92. The number of anilines is 1. The van der Waals surface area contributed by atoms with E-state index in [-0.39, 0.29) is 11.7 Å². The van der Waals surface area contributed by atoms with Crippen LogP contribution in [0, 0.1) is 3.57 Å². The second-order valence-electron chi connectivity index (χ2n) is 4.56. The van der Waals surface area contributed by atoms with Crippen LogP contribution in [-0.4, -0.2) is 15.3 Å². The SMILES string of the molecule is O=C1C(=Cc2cc(I)ccc2O)SC(=S)N1c1ccccc1. The molecule has 0 saturated carbocycles. The molecule has 1 aliphatic heterocycles. The number of thiocarbonyl (C=S) groups is 1. The van der Waals surface area contributed by atoms with Gasteiger partial charge >= 0.3 is 0 Å². The number of phenols is 1. The normalized spacial score (nSPS) is 16.6. The minimum Gasteiger partial charge on any atom is -0.507 e. The Labute approximate surface area is 151 Å². The van der Waals surface area contributed by atoms with Crippen molar-refractivity contribution in [2.24, 2.45) is 0 Å². The summed E-state index contributed by atoms with van der Waals surface area (Å²) in [7, 11) is 0. The van der Waals surface area contributed by atoms with Crippen molar-refractivity contribution in [2.75, 3.05) is 4.90 Å². The van der Waals surface area contributed by atoms with Gasteiger partial charge in [-0.1, -0.05) is 42.2 Å². The van der Waals surface area contributed by atoms with Crippen molar-refractivity contribution >= 4 is 68.6 Å². The molecular weight excluding hydrogens is 429 g/mol. The maximum atomic E-state index is 12.6. The first-order valence-corrected chi connectivity index (χ1v) is 8.68. The molecule has 3 rings (SSSR count). The molecule has 3 nitrogen and oxygen atoms in total. The summed E-state index contributed by atoms with van der Waals surface area (Å²) in [6.45, 7) is 0. The van der Waals surface area contributed by atoms with Gasteiger partial charge in [-0.2, -0.15) is 0 Å². The molecule has 1 fully saturated rings. The second kappa shape index (κ2) is 6.39. The monoisotopic (exact) mass is 439 g/mol. The number of phenolic OH excluding ortho intramolecular Hbond substituents is 1. The molecule has 0 radical (unpaired) electrons. The van der Waals surface area contributed by atoms with E-state index in [9.17, 15) is 9.90 Å². The highest BCUT2D eigenvalue weighted by Gasteiger charge is 2.33. The third-order valence-electron chi connectivity index (χ3n) is 3.08. The standard InChI is InChI=1S/C16H10INO2S2/c17-11-6-7-13(19)10(8-11)9-14-15(20)18(16(21)22-14)12-4-2-1-3-5-12/h1-9,19H. The van der Waals surface area contributed by atoms with E-state index in [2.05, 4.69) is 22.6 Å². The first kappa shape index (κ1) is 15.5. The number of amides is 1. The van der Waals surface area contributed by atoms with Gasteiger partial charge in [0.1, 0.15) is 5.75 Å². The summed E-state index contributed by atoms with van der Waals surface area (Å²) in [6, 6.07) is 14.6. The molecule has 0 atom stereocenters. The van der Waals surface area contributed by atoms with Crippen molar-refractivity contribution < 1.29 is 9.90 Å². The highest BCUT2D eigenvalue weighted by atomic mass is 127. The molecule has 110 valence electrons. The van der Waals surface area contributed by atoms with E-state index in [4.69, 9.17) is 12.2 Å². The van der Waals surface area contributed by atoms with Crippen molar-refractivity contribution in [1.29, 1.82) is 0 Å². The summed E-state index contributed by atoms with van der Waals surface area (Å²) < 4.78 is 1.48. The van der Waals surface area contributed by atoms with Crippen LogP contribution in [0.3, 0.4) is 0 Å². The van der Waals surface area contributed by atoms with Crippen LogP contribution in [0.4, 0.5) is 5.69 Å². The van der Waals surface area contributed by atoms with Gasteiger partial charge < -0.3 is 5.11 Å². The molecule has 0 spiro atoms. The lowest BCUT2D eigenvalue weighted by Crippen LogP contribution is -2.27. The van der Waals surface area contributed by atoms with Crippen LogP contribution in [0.25, 0.3) is 6.08 Å². The van der Waals surface area contributed by atoms with Gasteiger partial charge in [-0.3, -0.25) is 9.69 Å². The molecule has 2 aromatic carbocycles. The van der Waals surface area contributed by atoms with Gasteiger partial charge in [-0.25, -0.2) is 0 Å². The molecule has 2 aromatic rings. The lowest BCUT2D eigenvalue weighted by atomic mass is 10.2. The Bertz CT molecular complexity index is 790. The number of benzene rings is 2. The minimum atomic E-state index is -0.167. The number of carbonyl (C=O) groups excluding carboxylic acids is 1. The van der Waals surface area contributed by atoms with Crippen LogP contribution in [0.1, 0.15) is 5.56 Å². The summed E-state index contributed by atoms with van der Waals surface area (Å²) >= 11 is 8.72. The van der Waals surface area contributed by atoms with E-state index < -0.39 is 0 Å². The smallest absolute Gasteiger partial charge is 0.270 e. The van der Waals surface area contributed by atoms with Crippen molar-refractivity contribution in [3.8, 4) is 5.75 Å². The Balaban J connectivity index is 1.97. The highest BCUT2D eigenvalue weighted by Crippen LogP contribution is 2.37. The predicted octanol–water partition coefficient (Wildman–Crippen LogP) is 4.40. The van der Waals surface area contributed by atoms with E-state index in [1.54, 1.807) is 12.1 Å². The van der Waals surface area contributed by atoms with Crippen molar-refractivity contribution in [2.45, 2.75) is 0 Å². The predicted molar refractivity (Wildman–Crippen MR) is 103 cm³/mol. The second-order valence-corrected chi connectivity index (χ2v) is 7.48. The Morgan fingerprint density at radius 1 is 1.18 bits per heavy atom. The number of aromatic hydroxyl groups is 1. The first-order chi connectivity index (χ1) is 10.6. The topological polar surface area (TPSA) is 40.5 Å². The van der Waals surface area contributed by atoms with Gasteiger partial charge in [0.15, 0.2) is 4.32 Å². The third kappa shape index (κ3) is 3.04. The van der Waals surface area contributed by atoms with Crippen LogP contribution >= 0.6 is 46.6 Å². The van der Waals surface area contributed by atoms with Crippen molar-refractivity contribution in [3.05, 3.63) is 62.6 Å². The molecule has 1 heterocycles. The van der Waals surface area contributed by atoms with Gasteiger partial charge in [-0.05, 0) is 59.0 Å². The summed E-state index contributed by atoms with van der Waals surface area (Å²) in [6.07, 6.45) is 1.68. The molecule has 0 unspecified atom stereocenters. The van der Waals surface area contributed by atoms with Crippen LogP contribution in [0.2, 0.25) is 0 Å². The minimum absolute atomic E-state index is 0.144. The van der Waals surface area contributed by atoms with E-state index in [0.29, 0.717) is 14.8 Å². The molecule has 1 aliphatic rings. The van der Waals surface area contributed by atoms with Crippen LogP contribution in [-0.2, 0) is 4.79 Å². The Morgan fingerprint density at radius 3 is 2.64 bits per heavy atom. The molecule has 6 heteroatoms. The summed E-state index contributed by atoms with van der Waals surface area (Å²) in [5.41, 5.74) is 1.36. The number of thioether (sulfide) groups is 1. The molecule has 1 N–H and O–H groups in total. The Morgan fingerprint density at radius 2 is 1.91 bits per heavy atom. The fourth-order valence-corrected chi connectivity index (χ4v) is 3.85. The highest BCUT2D eigenvalue weighted by molar-refractivity contribution is 14.1. The van der Waals surface area contributed by atoms with Gasteiger partial charge in [-0.15, -0.1) is 0 Å². The zero-order chi connectivity index (χ0) is 15.7. The number of halogens is 1. The van der Waals surface area contributed by atoms with Crippen molar-refractivity contribution in [3.63, 3.8) is 0 Å². The van der Waals surface area contributed by atoms with Crippen LogP contribution in [0.5, 0.6) is 5.75 Å². The number of rotatable bonds is 2. The lowest BCUT2D eigenvalue weighted by Gasteiger charge is -2.13. The quantitative estimate of drug-likeness (QED) is 0.428. The maximum Gasteiger partial charge on any atom is 0.270 e. The number of nitrogens with zero attached hydrogens (tertiary/aromatic N) is 1. The molecular formula is C16H10INO2S2. The lowest BCUT2D eigenvalue weighted by molar-refractivity contribution is -0.113. The summed E-state index contributed by atoms with van der Waals surface area (Å²) in [5.74, 6) is -0.0233. The maximum absolute atomic E-state index is 12.6. The van der Waals surface area contributed by atoms with Crippen molar-refractivity contribution in [1.82, 2.24) is 0 Å². The fraction of sp³-hybridized carbons (Fsp3) is 0. The molecule has 1 amide bonds. The average Bonchev–Trinajstić information content (AvgIpc) is 2.78. The van der Waals surface area contributed by atoms with Gasteiger partial charge in [0, 0.05) is 9.13 Å². The average molecular weight is 439 g/mol. The number of hydrogen-bond acceptors (Lipinski definition) is 4. The number of carbonyl (C=O) groups is 1. The van der Waals surface area contributed by atoms with Gasteiger partial charge in [0.2, 0.25) is 0 Å². The Kier molecular flexibility index (Phi) is 4.51. The van der Waals surface area contributed by atoms with Crippen LogP contribution in [0.15, 0.2) is 53.4 Å². The van der Waals surface area contributed by atoms with Crippen LogP contribution < -0.4 is 4.90 Å². The molecule has 22 heavy (non-hydrogen) atoms. The largest absolute Gasteiger partial charge is 0.507 e. The zero-order valence-corrected chi connectivity index (χ0v) is 15.0. The Hall–Kier alpha value is -1.38. The fourth-order valence-electron chi connectivity index (χ4n) is 2.05.